The summed E-state index contributed by atoms with van der Waals surface area (Å²) in [5, 5.41) is 3.54. The van der Waals surface area contributed by atoms with E-state index in [1.54, 1.807) is 0 Å². The van der Waals surface area contributed by atoms with Gasteiger partial charge >= 0.3 is 5.97 Å². The first-order chi connectivity index (χ1) is 8.62. The highest BCUT2D eigenvalue weighted by Gasteiger charge is 2.33. The molecule has 0 bridgehead atoms. The molecule has 1 aliphatic heterocycles. The molecule has 1 rings (SSSR count). The molecule has 106 valence electrons. The molecule has 0 aromatic carbocycles. The molecule has 1 fully saturated rings. The minimum absolute atomic E-state index is 0.0205. The molecule has 0 saturated carbocycles. The van der Waals surface area contributed by atoms with Gasteiger partial charge in [-0.25, -0.2) is 0 Å². The fraction of sp³-hybridized carbons (Fsp3) is 0.929. The first-order valence-electron chi connectivity index (χ1n) is 7.17. The lowest BCUT2D eigenvalue weighted by Gasteiger charge is -2.40. The Bertz CT molecular complexity index is 258. The smallest absolute Gasteiger partial charge is 0.310 e. The van der Waals surface area contributed by atoms with Crippen LogP contribution in [0, 0.1) is 5.92 Å². The molecule has 3 unspecified atom stereocenters. The van der Waals surface area contributed by atoms with Gasteiger partial charge in [0.15, 0.2) is 0 Å². The van der Waals surface area contributed by atoms with Crippen molar-refractivity contribution in [1.29, 1.82) is 0 Å². The van der Waals surface area contributed by atoms with Gasteiger partial charge in [0, 0.05) is 25.2 Å². The fourth-order valence-electron chi connectivity index (χ4n) is 2.59. The lowest BCUT2D eigenvalue weighted by atomic mass is 9.92. The van der Waals surface area contributed by atoms with Gasteiger partial charge in [-0.3, -0.25) is 9.69 Å². The molecule has 4 heteroatoms. The predicted octanol–water partition coefficient (Wildman–Crippen LogP) is 1.65. The van der Waals surface area contributed by atoms with Crippen LogP contribution in [0.15, 0.2) is 0 Å². The molecule has 0 spiro atoms. The Morgan fingerprint density at radius 2 is 2.17 bits per heavy atom. The third-order valence-electron chi connectivity index (χ3n) is 3.91. The number of carbonyl (C=O) groups is 1. The number of rotatable bonds is 6. The Morgan fingerprint density at radius 3 is 2.72 bits per heavy atom. The van der Waals surface area contributed by atoms with Crippen LogP contribution in [0.1, 0.15) is 40.0 Å². The topological polar surface area (TPSA) is 41.6 Å². The molecule has 1 N–H and O–H groups in total. The van der Waals surface area contributed by atoms with E-state index in [-0.39, 0.29) is 11.9 Å². The second kappa shape index (κ2) is 7.74. The van der Waals surface area contributed by atoms with Crippen molar-refractivity contribution >= 4 is 5.97 Å². The standard InChI is InChI=1S/C14H28N2O2/c1-5-7-15-13-8-12(14(17)18-4)9-16(10-13)11(3)6-2/h11-13,15H,5-10H2,1-4H3. The molecule has 0 aromatic rings. The van der Waals surface area contributed by atoms with E-state index in [0.29, 0.717) is 12.1 Å². The summed E-state index contributed by atoms with van der Waals surface area (Å²) in [6.07, 6.45) is 3.15. The van der Waals surface area contributed by atoms with Gasteiger partial charge in [0.05, 0.1) is 13.0 Å². The number of likely N-dealkylation sites (tertiary alicyclic amines) is 1. The molecule has 1 aliphatic rings. The zero-order chi connectivity index (χ0) is 13.5. The summed E-state index contributed by atoms with van der Waals surface area (Å²) in [7, 11) is 1.49. The van der Waals surface area contributed by atoms with Gasteiger partial charge in [-0.05, 0) is 32.7 Å². The third-order valence-corrected chi connectivity index (χ3v) is 3.91. The molecule has 1 saturated heterocycles. The number of nitrogens with zero attached hydrogens (tertiary/aromatic N) is 1. The molecule has 0 radical (unpaired) electrons. The highest BCUT2D eigenvalue weighted by molar-refractivity contribution is 5.72. The summed E-state index contributed by atoms with van der Waals surface area (Å²) in [5.41, 5.74) is 0. The van der Waals surface area contributed by atoms with Crippen molar-refractivity contribution in [2.45, 2.75) is 52.1 Å². The van der Waals surface area contributed by atoms with E-state index < -0.39 is 0 Å². The van der Waals surface area contributed by atoms with E-state index in [1.165, 1.54) is 7.11 Å². The van der Waals surface area contributed by atoms with Gasteiger partial charge in [-0.2, -0.15) is 0 Å². The second-order valence-electron chi connectivity index (χ2n) is 5.32. The predicted molar refractivity (Wildman–Crippen MR) is 73.5 cm³/mol. The Kier molecular flexibility index (Phi) is 6.65. The van der Waals surface area contributed by atoms with Crippen LogP contribution >= 0.6 is 0 Å². The van der Waals surface area contributed by atoms with Crippen LogP contribution in [-0.4, -0.2) is 49.7 Å². The summed E-state index contributed by atoms with van der Waals surface area (Å²) in [5.74, 6) is -0.0431. The van der Waals surface area contributed by atoms with Gasteiger partial charge < -0.3 is 10.1 Å². The van der Waals surface area contributed by atoms with E-state index in [0.717, 1.165) is 38.9 Å². The average molecular weight is 256 g/mol. The highest BCUT2D eigenvalue weighted by Crippen LogP contribution is 2.21. The van der Waals surface area contributed by atoms with Crippen molar-refractivity contribution in [2.75, 3.05) is 26.7 Å². The quantitative estimate of drug-likeness (QED) is 0.734. The Hall–Kier alpha value is -0.610. The van der Waals surface area contributed by atoms with E-state index in [2.05, 4.69) is 31.0 Å². The molecular weight excluding hydrogens is 228 g/mol. The van der Waals surface area contributed by atoms with E-state index in [1.807, 2.05) is 0 Å². The third kappa shape index (κ3) is 4.25. The maximum atomic E-state index is 11.8. The number of esters is 1. The van der Waals surface area contributed by atoms with Gasteiger partial charge in [-0.1, -0.05) is 13.8 Å². The van der Waals surface area contributed by atoms with Crippen LogP contribution < -0.4 is 5.32 Å². The number of carbonyl (C=O) groups excluding carboxylic acids is 1. The SMILES string of the molecule is CCCNC1CC(C(=O)OC)CN(C(C)CC)C1. The lowest BCUT2D eigenvalue weighted by molar-refractivity contribution is -0.148. The lowest BCUT2D eigenvalue weighted by Crippen LogP contribution is -2.53. The van der Waals surface area contributed by atoms with Crippen LogP contribution in [0.2, 0.25) is 0 Å². The van der Waals surface area contributed by atoms with Crippen molar-refractivity contribution in [2.24, 2.45) is 5.92 Å². The van der Waals surface area contributed by atoms with Crippen LogP contribution in [0.5, 0.6) is 0 Å². The largest absolute Gasteiger partial charge is 0.469 e. The molecular formula is C14H28N2O2. The fourth-order valence-corrected chi connectivity index (χ4v) is 2.59. The molecule has 4 nitrogen and oxygen atoms in total. The number of methoxy groups -OCH3 is 1. The zero-order valence-electron chi connectivity index (χ0n) is 12.2. The molecule has 3 atom stereocenters. The normalized spacial score (nSPS) is 26.9. The Morgan fingerprint density at radius 1 is 1.44 bits per heavy atom. The summed E-state index contributed by atoms with van der Waals surface area (Å²) in [4.78, 5) is 14.2. The van der Waals surface area contributed by atoms with Gasteiger partial charge in [0.1, 0.15) is 0 Å². The number of hydrogen-bond donors (Lipinski definition) is 1. The van der Waals surface area contributed by atoms with Crippen LogP contribution in [0.3, 0.4) is 0 Å². The number of piperidine rings is 1. The van der Waals surface area contributed by atoms with E-state index >= 15 is 0 Å². The monoisotopic (exact) mass is 256 g/mol. The highest BCUT2D eigenvalue weighted by atomic mass is 16.5. The first-order valence-corrected chi connectivity index (χ1v) is 7.17. The van der Waals surface area contributed by atoms with E-state index in [9.17, 15) is 4.79 Å². The summed E-state index contributed by atoms with van der Waals surface area (Å²) in [6.45, 7) is 9.50. The van der Waals surface area contributed by atoms with Crippen LogP contribution in [0.25, 0.3) is 0 Å². The Labute approximate surface area is 111 Å². The van der Waals surface area contributed by atoms with Crippen molar-refractivity contribution in [3.63, 3.8) is 0 Å². The van der Waals surface area contributed by atoms with Crippen molar-refractivity contribution < 1.29 is 9.53 Å². The summed E-state index contributed by atoms with van der Waals surface area (Å²) >= 11 is 0. The maximum Gasteiger partial charge on any atom is 0.310 e. The molecule has 0 amide bonds. The minimum atomic E-state index is -0.0636. The summed E-state index contributed by atoms with van der Waals surface area (Å²) < 4.78 is 4.91. The molecule has 0 aliphatic carbocycles. The van der Waals surface area contributed by atoms with Crippen LogP contribution in [0.4, 0.5) is 0 Å². The average Bonchev–Trinajstić information content (AvgIpc) is 2.42. The van der Waals surface area contributed by atoms with Gasteiger partial charge in [0.25, 0.3) is 0 Å². The van der Waals surface area contributed by atoms with E-state index in [4.69, 9.17) is 4.74 Å². The zero-order valence-corrected chi connectivity index (χ0v) is 12.2. The van der Waals surface area contributed by atoms with Crippen molar-refractivity contribution in [3.8, 4) is 0 Å². The Balaban J connectivity index is 2.62. The molecule has 0 aromatic heterocycles. The maximum absolute atomic E-state index is 11.8. The number of hydrogen-bond acceptors (Lipinski definition) is 4. The minimum Gasteiger partial charge on any atom is -0.469 e. The van der Waals surface area contributed by atoms with Crippen molar-refractivity contribution in [3.05, 3.63) is 0 Å². The van der Waals surface area contributed by atoms with Crippen LogP contribution in [-0.2, 0) is 9.53 Å². The molecule has 18 heavy (non-hydrogen) atoms. The first kappa shape index (κ1) is 15.4. The van der Waals surface area contributed by atoms with Gasteiger partial charge in [-0.15, -0.1) is 0 Å². The molecule has 1 heterocycles. The second-order valence-corrected chi connectivity index (χ2v) is 5.32. The summed E-state index contributed by atoms with van der Waals surface area (Å²) in [6, 6.07) is 0.945. The van der Waals surface area contributed by atoms with Crippen molar-refractivity contribution in [1.82, 2.24) is 10.2 Å². The number of ether oxygens (including phenoxy) is 1. The van der Waals surface area contributed by atoms with Gasteiger partial charge in [0.2, 0.25) is 0 Å². The number of nitrogens with one attached hydrogen (secondary N) is 1.